The third-order valence-corrected chi connectivity index (χ3v) is 3.21. The van der Waals surface area contributed by atoms with Crippen LogP contribution in [0, 0.1) is 6.92 Å². The SMILES string of the molecule is CCCN(Cc1cccc(C)c1)c1ccc(N)cc1. The first-order chi connectivity index (χ1) is 9.19. The van der Waals surface area contributed by atoms with Crippen molar-refractivity contribution in [2.45, 2.75) is 26.8 Å². The maximum atomic E-state index is 5.75. The Bertz CT molecular complexity index is 517. The summed E-state index contributed by atoms with van der Waals surface area (Å²) in [6.45, 7) is 6.34. The lowest BCUT2D eigenvalue weighted by molar-refractivity contribution is 0.767. The van der Waals surface area contributed by atoms with Crippen LogP contribution in [-0.2, 0) is 6.54 Å². The molecule has 0 saturated heterocycles. The van der Waals surface area contributed by atoms with Crippen LogP contribution in [0.1, 0.15) is 24.5 Å². The van der Waals surface area contributed by atoms with Crippen molar-refractivity contribution in [1.82, 2.24) is 0 Å². The first-order valence-corrected chi connectivity index (χ1v) is 6.85. The zero-order chi connectivity index (χ0) is 13.7. The number of hydrogen-bond acceptors (Lipinski definition) is 2. The summed E-state index contributed by atoms with van der Waals surface area (Å²) in [5, 5.41) is 0. The normalized spacial score (nSPS) is 10.4. The van der Waals surface area contributed by atoms with Gasteiger partial charge in [0.2, 0.25) is 0 Å². The fourth-order valence-electron chi connectivity index (χ4n) is 2.29. The first-order valence-electron chi connectivity index (χ1n) is 6.85. The Kier molecular flexibility index (Phi) is 4.45. The van der Waals surface area contributed by atoms with Gasteiger partial charge in [-0.15, -0.1) is 0 Å². The fraction of sp³-hybridized carbons (Fsp3) is 0.294. The number of aryl methyl sites for hydroxylation is 1. The van der Waals surface area contributed by atoms with Gasteiger partial charge in [-0.05, 0) is 43.2 Å². The van der Waals surface area contributed by atoms with Crippen molar-refractivity contribution in [3.05, 3.63) is 59.7 Å². The predicted octanol–water partition coefficient (Wildman–Crippen LogP) is 3.99. The van der Waals surface area contributed by atoms with Gasteiger partial charge in [-0.25, -0.2) is 0 Å². The fourth-order valence-corrected chi connectivity index (χ4v) is 2.29. The van der Waals surface area contributed by atoms with E-state index in [0.29, 0.717) is 0 Å². The summed E-state index contributed by atoms with van der Waals surface area (Å²) in [7, 11) is 0. The second kappa shape index (κ2) is 6.28. The van der Waals surface area contributed by atoms with Gasteiger partial charge in [0.05, 0.1) is 0 Å². The van der Waals surface area contributed by atoms with Gasteiger partial charge in [-0.3, -0.25) is 0 Å². The number of nitrogens with zero attached hydrogens (tertiary/aromatic N) is 1. The number of nitrogen functional groups attached to an aromatic ring is 1. The molecule has 0 heterocycles. The van der Waals surface area contributed by atoms with Crippen LogP contribution in [0.2, 0.25) is 0 Å². The van der Waals surface area contributed by atoms with Crippen molar-refractivity contribution >= 4 is 11.4 Å². The number of benzene rings is 2. The molecular formula is C17H22N2. The average molecular weight is 254 g/mol. The summed E-state index contributed by atoms with van der Waals surface area (Å²) in [6, 6.07) is 16.8. The summed E-state index contributed by atoms with van der Waals surface area (Å²) in [5.74, 6) is 0. The molecule has 0 saturated carbocycles. The first kappa shape index (κ1) is 13.5. The summed E-state index contributed by atoms with van der Waals surface area (Å²) >= 11 is 0. The third kappa shape index (κ3) is 3.75. The molecule has 0 atom stereocenters. The molecule has 0 aromatic heterocycles. The molecule has 0 fully saturated rings. The van der Waals surface area contributed by atoms with Crippen molar-refractivity contribution in [2.75, 3.05) is 17.2 Å². The van der Waals surface area contributed by atoms with Crippen LogP contribution in [0.5, 0.6) is 0 Å². The molecule has 0 aliphatic heterocycles. The molecule has 2 rings (SSSR count). The van der Waals surface area contributed by atoms with Crippen molar-refractivity contribution in [2.24, 2.45) is 0 Å². The summed E-state index contributed by atoms with van der Waals surface area (Å²) in [5.41, 5.74) is 10.5. The summed E-state index contributed by atoms with van der Waals surface area (Å²) < 4.78 is 0. The van der Waals surface area contributed by atoms with Crippen LogP contribution < -0.4 is 10.6 Å². The van der Waals surface area contributed by atoms with E-state index in [0.717, 1.165) is 25.2 Å². The number of hydrogen-bond donors (Lipinski definition) is 1. The zero-order valence-corrected chi connectivity index (χ0v) is 11.8. The number of nitrogens with two attached hydrogens (primary N) is 1. The van der Waals surface area contributed by atoms with Gasteiger partial charge in [-0.2, -0.15) is 0 Å². The highest BCUT2D eigenvalue weighted by Gasteiger charge is 2.06. The Morgan fingerprint density at radius 2 is 1.79 bits per heavy atom. The van der Waals surface area contributed by atoms with E-state index in [2.05, 4.69) is 55.1 Å². The van der Waals surface area contributed by atoms with Crippen LogP contribution in [0.15, 0.2) is 48.5 Å². The molecule has 0 aliphatic carbocycles. The maximum Gasteiger partial charge on any atom is 0.0429 e. The largest absolute Gasteiger partial charge is 0.399 e. The summed E-state index contributed by atoms with van der Waals surface area (Å²) in [4.78, 5) is 2.40. The second-order valence-corrected chi connectivity index (χ2v) is 5.00. The molecule has 0 unspecified atom stereocenters. The molecule has 2 aromatic carbocycles. The lowest BCUT2D eigenvalue weighted by Crippen LogP contribution is -2.23. The maximum absolute atomic E-state index is 5.75. The number of anilines is 2. The minimum absolute atomic E-state index is 0.816. The minimum Gasteiger partial charge on any atom is -0.399 e. The Morgan fingerprint density at radius 3 is 2.42 bits per heavy atom. The highest BCUT2D eigenvalue weighted by molar-refractivity contribution is 5.53. The van der Waals surface area contributed by atoms with E-state index in [9.17, 15) is 0 Å². The van der Waals surface area contributed by atoms with E-state index < -0.39 is 0 Å². The minimum atomic E-state index is 0.816. The zero-order valence-electron chi connectivity index (χ0n) is 11.8. The van der Waals surface area contributed by atoms with Gasteiger partial charge in [0.15, 0.2) is 0 Å². The highest BCUT2D eigenvalue weighted by Crippen LogP contribution is 2.19. The van der Waals surface area contributed by atoms with Crippen molar-refractivity contribution < 1.29 is 0 Å². The quantitative estimate of drug-likeness (QED) is 0.817. The van der Waals surface area contributed by atoms with Crippen LogP contribution in [-0.4, -0.2) is 6.54 Å². The average Bonchev–Trinajstić information content (AvgIpc) is 2.39. The highest BCUT2D eigenvalue weighted by atomic mass is 15.1. The Hall–Kier alpha value is -1.96. The molecule has 2 nitrogen and oxygen atoms in total. The van der Waals surface area contributed by atoms with Crippen LogP contribution in [0.4, 0.5) is 11.4 Å². The monoisotopic (exact) mass is 254 g/mol. The van der Waals surface area contributed by atoms with Crippen LogP contribution in [0.3, 0.4) is 0 Å². The molecule has 19 heavy (non-hydrogen) atoms. The molecule has 100 valence electrons. The molecule has 0 spiro atoms. The van der Waals surface area contributed by atoms with Gasteiger partial charge in [0, 0.05) is 24.5 Å². The smallest absolute Gasteiger partial charge is 0.0429 e. The Balaban J connectivity index is 2.18. The molecule has 0 amide bonds. The van der Waals surface area contributed by atoms with Crippen LogP contribution >= 0.6 is 0 Å². The van der Waals surface area contributed by atoms with Gasteiger partial charge in [-0.1, -0.05) is 36.8 Å². The predicted molar refractivity (Wildman–Crippen MR) is 83.4 cm³/mol. The standard InChI is InChI=1S/C17H22N2/c1-3-11-19(17-9-7-16(18)8-10-17)13-15-6-4-5-14(2)12-15/h4-10,12H,3,11,13,18H2,1-2H3. The van der Waals surface area contributed by atoms with E-state index >= 15 is 0 Å². The van der Waals surface area contributed by atoms with E-state index in [1.54, 1.807) is 0 Å². The second-order valence-electron chi connectivity index (χ2n) is 5.00. The molecule has 2 N–H and O–H groups in total. The molecule has 0 radical (unpaired) electrons. The molecule has 0 aliphatic rings. The Labute approximate surface area is 115 Å². The van der Waals surface area contributed by atoms with Gasteiger partial charge < -0.3 is 10.6 Å². The van der Waals surface area contributed by atoms with Crippen molar-refractivity contribution in [1.29, 1.82) is 0 Å². The van der Waals surface area contributed by atoms with Gasteiger partial charge in [0.1, 0.15) is 0 Å². The van der Waals surface area contributed by atoms with Crippen molar-refractivity contribution in [3.63, 3.8) is 0 Å². The molecule has 2 heteroatoms. The van der Waals surface area contributed by atoms with E-state index in [4.69, 9.17) is 5.73 Å². The van der Waals surface area contributed by atoms with Gasteiger partial charge in [0.25, 0.3) is 0 Å². The van der Waals surface area contributed by atoms with Crippen molar-refractivity contribution in [3.8, 4) is 0 Å². The Morgan fingerprint density at radius 1 is 1.05 bits per heavy atom. The summed E-state index contributed by atoms with van der Waals surface area (Å²) in [6.07, 6.45) is 1.14. The third-order valence-electron chi connectivity index (χ3n) is 3.21. The van der Waals surface area contributed by atoms with E-state index in [-0.39, 0.29) is 0 Å². The van der Waals surface area contributed by atoms with E-state index in [1.165, 1.54) is 16.8 Å². The molecule has 2 aromatic rings. The van der Waals surface area contributed by atoms with E-state index in [1.807, 2.05) is 12.1 Å². The topological polar surface area (TPSA) is 29.3 Å². The van der Waals surface area contributed by atoms with Crippen LogP contribution in [0.25, 0.3) is 0 Å². The lowest BCUT2D eigenvalue weighted by Gasteiger charge is -2.24. The lowest BCUT2D eigenvalue weighted by atomic mass is 10.1. The number of rotatable bonds is 5. The molecular weight excluding hydrogens is 232 g/mol. The molecule has 0 bridgehead atoms. The van der Waals surface area contributed by atoms with Gasteiger partial charge >= 0.3 is 0 Å².